The molecule has 4 bridgehead atoms. The Labute approximate surface area is 317 Å². The first-order chi connectivity index (χ1) is 25.3. The first-order valence-corrected chi connectivity index (χ1v) is 19.5. The highest BCUT2D eigenvalue weighted by Crippen LogP contribution is 2.58. The van der Waals surface area contributed by atoms with Crippen molar-refractivity contribution in [1.29, 1.82) is 5.26 Å². The van der Waals surface area contributed by atoms with Gasteiger partial charge in [0, 0.05) is 70.0 Å². The van der Waals surface area contributed by atoms with Gasteiger partial charge >= 0.3 is 6.09 Å². The number of aromatic nitrogens is 2. The number of ether oxygens (including phenoxy) is 1. The maximum Gasteiger partial charge on any atom is 0.410 e. The minimum absolute atomic E-state index is 0.00659. The van der Waals surface area contributed by atoms with E-state index in [-0.39, 0.29) is 82.9 Å². The lowest BCUT2D eigenvalue weighted by Gasteiger charge is -2.43. The summed E-state index contributed by atoms with van der Waals surface area (Å²) < 4.78 is 25.4. The average Bonchev–Trinajstić information content (AvgIpc) is 3.39. The monoisotopic (exact) mass is 757 g/mol. The van der Waals surface area contributed by atoms with Crippen LogP contribution < -0.4 is 0 Å². The SMILES string of the molecule is Cc1nc2c(F)c(-c3cccc(Cl)c3Cl)c(CCC#N)cc2c2c1cc([C@H]1[C@H]3C[C@H](C[C@@H]3O)N1C(=O)C1CC1)n2[C@H]1[C@@H]2C[C@H]1N(C(=O)OC(C)(C)C)C2. The number of amides is 2. The minimum atomic E-state index is -0.659. The molecule has 6 fully saturated rings. The number of fused-ring (bicyclic) bond motifs is 6. The second-order valence-corrected chi connectivity index (χ2v) is 17.6. The summed E-state index contributed by atoms with van der Waals surface area (Å²) in [6.45, 7) is 7.97. The van der Waals surface area contributed by atoms with Crippen molar-refractivity contribution in [2.75, 3.05) is 6.54 Å². The third-order valence-corrected chi connectivity index (χ3v) is 13.2. The van der Waals surface area contributed by atoms with Gasteiger partial charge in [-0.3, -0.25) is 4.79 Å². The van der Waals surface area contributed by atoms with Crippen molar-refractivity contribution in [1.82, 2.24) is 19.4 Å². The van der Waals surface area contributed by atoms with E-state index in [1.165, 1.54) is 0 Å². The highest BCUT2D eigenvalue weighted by molar-refractivity contribution is 6.43. The van der Waals surface area contributed by atoms with Crippen LogP contribution in [-0.4, -0.2) is 66.8 Å². The van der Waals surface area contributed by atoms with Crippen molar-refractivity contribution in [2.45, 2.75) is 109 Å². The van der Waals surface area contributed by atoms with E-state index in [9.17, 15) is 20.0 Å². The Bertz CT molecular complexity index is 2270. The molecule has 3 aliphatic carbocycles. The van der Waals surface area contributed by atoms with Crippen LogP contribution in [0.25, 0.3) is 32.9 Å². The standard InChI is InChI=1S/C41H42Cl2FN5O4/c1-19-25-17-30(38-26-15-23(16-31(26)50)48(38)39(51)20-10-11-20)49(36-22-14-29(36)47(18-22)40(52)53-41(2,3)4)37(25)27-13-21(7-6-12-45)32(34(44)35(27)46-19)24-8-5-9-28(42)33(24)43/h5,8-9,13,17,20,22-23,26,29,31,36,38,50H,6-7,10-11,14-16,18H2,1-4H3/t22-,23-,26+,29-,31+,36+,38-/m1/s1. The Balaban J connectivity index is 1.30. The molecule has 3 aliphatic heterocycles. The molecule has 4 aromatic rings. The molecule has 3 saturated carbocycles. The molecule has 7 atom stereocenters. The fourth-order valence-electron chi connectivity index (χ4n) is 9.97. The Morgan fingerprint density at radius 3 is 2.62 bits per heavy atom. The number of hydrogen-bond acceptors (Lipinski definition) is 6. The molecule has 53 heavy (non-hydrogen) atoms. The highest BCUT2D eigenvalue weighted by Gasteiger charge is 2.59. The molecule has 9 nitrogen and oxygen atoms in total. The number of halogens is 3. The molecule has 2 aromatic carbocycles. The quantitative estimate of drug-likeness (QED) is 0.211. The molecule has 6 aliphatic rings. The number of carbonyl (C=O) groups excluding carboxylic acids is 2. The van der Waals surface area contributed by atoms with Gasteiger partial charge in [-0.1, -0.05) is 35.3 Å². The zero-order valence-corrected chi connectivity index (χ0v) is 31.7. The average molecular weight is 759 g/mol. The lowest BCUT2D eigenvalue weighted by Crippen LogP contribution is -2.47. The predicted molar refractivity (Wildman–Crippen MR) is 200 cm³/mol. The number of benzene rings is 2. The summed E-state index contributed by atoms with van der Waals surface area (Å²) in [5, 5.41) is 22.9. The summed E-state index contributed by atoms with van der Waals surface area (Å²) in [5.41, 5.74) is 3.11. The molecule has 1 N–H and O–H groups in total. The van der Waals surface area contributed by atoms with Gasteiger partial charge in [-0.15, -0.1) is 0 Å². The number of nitrogens with zero attached hydrogens (tertiary/aromatic N) is 5. The fraction of sp³-hybridized carbons (Fsp3) is 0.512. The molecule has 0 radical (unpaired) electrons. The van der Waals surface area contributed by atoms with Crippen LogP contribution in [0.2, 0.25) is 10.0 Å². The van der Waals surface area contributed by atoms with E-state index in [1.54, 1.807) is 18.2 Å². The summed E-state index contributed by atoms with van der Waals surface area (Å²) in [6, 6.07) is 10.6. The Kier molecular flexibility index (Phi) is 8.09. The fourth-order valence-corrected chi connectivity index (χ4v) is 10.4. The zero-order valence-electron chi connectivity index (χ0n) is 30.2. The molecule has 0 spiro atoms. The lowest BCUT2D eigenvalue weighted by atomic mass is 9.79. The smallest absolute Gasteiger partial charge is 0.410 e. The van der Waals surface area contributed by atoms with Gasteiger partial charge < -0.3 is 24.2 Å². The van der Waals surface area contributed by atoms with Gasteiger partial charge in [0.1, 0.15) is 11.1 Å². The van der Waals surface area contributed by atoms with E-state index >= 15 is 4.39 Å². The lowest BCUT2D eigenvalue weighted by molar-refractivity contribution is -0.139. The molecule has 2 amide bonds. The summed E-state index contributed by atoms with van der Waals surface area (Å²) in [6.07, 6.45) is 3.36. The van der Waals surface area contributed by atoms with E-state index in [2.05, 4.69) is 21.6 Å². The maximum absolute atomic E-state index is 17.3. The number of aliphatic hydroxyl groups excluding tert-OH is 1. The van der Waals surface area contributed by atoms with Crippen molar-refractivity contribution in [3.63, 3.8) is 0 Å². The number of piperidine rings is 1. The van der Waals surface area contributed by atoms with Crippen LogP contribution in [0, 0.1) is 41.8 Å². The minimum Gasteiger partial charge on any atom is -0.444 e. The maximum atomic E-state index is 17.3. The van der Waals surface area contributed by atoms with Crippen LogP contribution >= 0.6 is 23.2 Å². The van der Waals surface area contributed by atoms with Crippen molar-refractivity contribution in [2.24, 2.45) is 17.8 Å². The van der Waals surface area contributed by atoms with E-state index in [4.69, 9.17) is 32.9 Å². The van der Waals surface area contributed by atoms with Gasteiger partial charge in [0.2, 0.25) is 5.91 Å². The van der Waals surface area contributed by atoms with Crippen LogP contribution in [0.1, 0.15) is 88.3 Å². The van der Waals surface area contributed by atoms with Crippen LogP contribution in [0.4, 0.5) is 9.18 Å². The van der Waals surface area contributed by atoms with E-state index in [1.807, 2.05) is 38.7 Å². The van der Waals surface area contributed by atoms with Gasteiger partial charge in [0.25, 0.3) is 0 Å². The normalized spacial score (nSPS) is 27.5. The van der Waals surface area contributed by atoms with Crippen LogP contribution in [0.15, 0.2) is 30.3 Å². The number of carbonyl (C=O) groups is 2. The first kappa shape index (κ1) is 34.8. The summed E-state index contributed by atoms with van der Waals surface area (Å²) in [5.74, 6) is -0.442. The van der Waals surface area contributed by atoms with Crippen molar-refractivity contribution >= 4 is 57.0 Å². The number of hydrogen-bond donors (Lipinski definition) is 1. The molecule has 5 heterocycles. The van der Waals surface area contributed by atoms with Gasteiger partial charge in [-0.05, 0) is 90.0 Å². The molecular weight excluding hydrogens is 716 g/mol. The third-order valence-electron chi connectivity index (χ3n) is 12.4. The number of likely N-dealkylation sites (tertiary alicyclic amines) is 1. The number of nitriles is 1. The van der Waals surface area contributed by atoms with E-state index < -0.39 is 17.5 Å². The van der Waals surface area contributed by atoms with Crippen LogP contribution in [-0.2, 0) is 16.0 Å². The summed E-state index contributed by atoms with van der Waals surface area (Å²) in [7, 11) is 0. The molecular formula is C41H42Cl2FN5O4. The molecule has 3 saturated heterocycles. The Hall–Kier alpha value is -3.91. The van der Waals surface area contributed by atoms with Crippen molar-refractivity contribution in [3.8, 4) is 17.2 Å². The van der Waals surface area contributed by atoms with Gasteiger partial charge in [0.15, 0.2) is 5.82 Å². The molecule has 10 rings (SSSR count). The van der Waals surface area contributed by atoms with Crippen molar-refractivity contribution < 1.29 is 23.8 Å². The first-order valence-electron chi connectivity index (χ1n) is 18.7. The molecule has 276 valence electrons. The third kappa shape index (κ3) is 5.36. The zero-order chi connectivity index (χ0) is 37.2. The number of aliphatic hydroxyl groups is 1. The number of aryl methyl sites for hydroxylation is 2. The van der Waals surface area contributed by atoms with Gasteiger partial charge in [0.05, 0.1) is 45.9 Å². The van der Waals surface area contributed by atoms with Gasteiger partial charge in [-0.25, -0.2) is 14.2 Å². The molecule has 12 heteroatoms. The van der Waals surface area contributed by atoms with Crippen LogP contribution in [0.3, 0.4) is 0 Å². The largest absolute Gasteiger partial charge is 0.444 e. The molecule has 0 unspecified atom stereocenters. The van der Waals surface area contributed by atoms with Crippen molar-refractivity contribution in [3.05, 3.63) is 63.1 Å². The van der Waals surface area contributed by atoms with Crippen LogP contribution in [0.5, 0.6) is 0 Å². The molecule has 2 aromatic heterocycles. The second kappa shape index (κ2) is 12.3. The number of rotatable bonds is 6. The van der Waals surface area contributed by atoms with E-state index in [0.29, 0.717) is 40.2 Å². The summed E-state index contributed by atoms with van der Waals surface area (Å²) >= 11 is 13.1. The highest BCUT2D eigenvalue weighted by atomic mass is 35.5. The Morgan fingerprint density at radius 2 is 1.91 bits per heavy atom. The van der Waals surface area contributed by atoms with Gasteiger partial charge in [-0.2, -0.15) is 5.26 Å². The Morgan fingerprint density at radius 1 is 1.13 bits per heavy atom. The topological polar surface area (TPSA) is 112 Å². The number of pyridine rings is 1. The van der Waals surface area contributed by atoms with E-state index in [0.717, 1.165) is 42.3 Å². The predicted octanol–water partition coefficient (Wildman–Crippen LogP) is 8.68. The summed E-state index contributed by atoms with van der Waals surface area (Å²) in [4.78, 5) is 36.4. The second-order valence-electron chi connectivity index (χ2n) is 16.8.